The molecule has 0 aromatic heterocycles. The van der Waals surface area contributed by atoms with Crippen molar-refractivity contribution in [3.63, 3.8) is 0 Å². The van der Waals surface area contributed by atoms with Crippen LogP contribution in [0, 0.1) is 23.2 Å². The molecule has 92 valence electrons. The lowest BCUT2D eigenvalue weighted by atomic mass is 9.48. The van der Waals surface area contributed by atoms with Crippen LogP contribution in [0.4, 0.5) is 0 Å². The van der Waals surface area contributed by atoms with E-state index in [1.165, 1.54) is 25.7 Å². The summed E-state index contributed by atoms with van der Waals surface area (Å²) in [7, 11) is 0. The lowest BCUT2D eigenvalue weighted by Gasteiger charge is -2.57. The molecule has 4 aliphatic carbocycles. The van der Waals surface area contributed by atoms with Crippen molar-refractivity contribution in [3.05, 3.63) is 0 Å². The number of hydrogen-bond acceptors (Lipinski definition) is 2. The van der Waals surface area contributed by atoms with E-state index in [0.29, 0.717) is 12.0 Å². The smallest absolute Gasteiger partial charge is 0.0163 e. The maximum absolute atomic E-state index is 5.98. The standard InChI is InChI=1S/C14H26N2/c15-9-13(16)1-2-14-6-10-3-11(7-14)5-12(4-10)8-14/h10-13H,1-9,15-16H2. The third-order valence-corrected chi connectivity index (χ3v) is 5.51. The molecule has 0 amide bonds. The van der Waals surface area contributed by atoms with Gasteiger partial charge in [-0.2, -0.15) is 0 Å². The van der Waals surface area contributed by atoms with Crippen molar-refractivity contribution in [1.82, 2.24) is 0 Å². The molecule has 2 heteroatoms. The van der Waals surface area contributed by atoms with E-state index in [9.17, 15) is 0 Å². The Morgan fingerprint density at radius 3 is 1.94 bits per heavy atom. The summed E-state index contributed by atoms with van der Waals surface area (Å²) in [5.74, 6) is 3.21. The normalized spacial score (nSPS) is 47.2. The molecule has 0 heterocycles. The number of nitrogens with two attached hydrogens (primary N) is 2. The first-order valence-electron chi connectivity index (χ1n) is 7.15. The molecule has 0 aromatic carbocycles. The fraction of sp³-hybridized carbons (Fsp3) is 1.00. The van der Waals surface area contributed by atoms with Gasteiger partial charge in [-0.05, 0) is 74.5 Å². The average molecular weight is 222 g/mol. The maximum Gasteiger partial charge on any atom is 0.0163 e. The third-order valence-electron chi connectivity index (χ3n) is 5.51. The van der Waals surface area contributed by atoms with Crippen LogP contribution < -0.4 is 11.5 Å². The summed E-state index contributed by atoms with van der Waals surface area (Å²) >= 11 is 0. The molecule has 4 rings (SSSR count). The van der Waals surface area contributed by atoms with Crippen LogP contribution in [0.15, 0.2) is 0 Å². The van der Waals surface area contributed by atoms with Gasteiger partial charge in [-0.15, -0.1) is 0 Å². The Morgan fingerprint density at radius 2 is 1.50 bits per heavy atom. The Kier molecular flexibility index (Phi) is 2.75. The molecule has 0 radical (unpaired) electrons. The van der Waals surface area contributed by atoms with Crippen LogP contribution in [0.25, 0.3) is 0 Å². The minimum absolute atomic E-state index is 0.244. The highest BCUT2D eigenvalue weighted by molar-refractivity contribution is 5.01. The van der Waals surface area contributed by atoms with Crippen LogP contribution in [0.3, 0.4) is 0 Å². The zero-order valence-corrected chi connectivity index (χ0v) is 10.3. The first kappa shape index (κ1) is 11.0. The zero-order valence-electron chi connectivity index (χ0n) is 10.3. The van der Waals surface area contributed by atoms with E-state index in [2.05, 4.69) is 0 Å². The summed E-state index contributed by atoms with van der Waals surface area (Å²) in [5, 5.41) is 0. The molecule has 2 nitrogen and oxygen atoms in total. The summed E-state index contributed by atoms with van der Waals surface area (Å²) in [6.45, 7) is 0.659. The molecular formula is C14H26N2. The van der Waals surface area contributed by atoms with Crippen molar-refractivity contribution < 1.29 is 0 Å². The molecule has 4 saturated carbocycles. The van der Waals surface area contributed by atoms with Crippen LogP contribution in [0.5, 0.6) is 0 Å². The molecule has 0 spiro atoms. The average Bonchev–Trinajstić information content (AvgIpc) is 2.24. The van der Waals surface area contributed by atoms with Gasteiger partial charge in [0.05, 0.1) is 0 Å². The lowest BCUT2D eigenvalue weighted by molar-refractivity contribution is -0.0587. The Bertz CT molecular complexity index is 226. The van der Waals surface area contributed by atoms with E-state index in [0.717, 1.165) is 24.2 Å². The van der Waals surface area contributed by atoms with Gasteiger partial charge in [0.1, 0.15) is 0 Å². The van der Waals surface area contributed by atoms with Crippen LogP contribution in [0.1, 0.15) is 51.4 Å². The minimum atomic E-state index is 0.244. The van der Waals surface area contributed by atoms with Crippen LogP contribution in [-0.4, -0.2) is 12.6 Å². The second-order valence-electron chi connectivity index (χ2n) is 6.95. The van der Waals surface area contributed by atoms with E-state index >= 15 is 0 Å². The van der Waals surface area contributed by atoms with Crippen LogP contribution in [-0.2, 0) is 0 Å². The third kappa shape index (κ3) is 1.91. The van der Waals surface area contributed by atoms with Gasteiger partial charge < -0.3 is 11.5 Å². The molecule has 4 N–H and O–H groups in total. The Balaban J connectivity index is 1.64. The molecule has 1 atom stereocenters. The summed E-state index contributed by atoms with van der Waals surface area (Å²) in [6, 6.07) is 0.244. The monoisotopic (exact) mass is 222 g/mol. The number of rotatable bonds is 4. The molecule has 4 fully saturated rings. The topological polar surface area (TPSA) is 52.0 Å². The van der Waals surface area contributed by atoms with E-state index < -0.39 is 0 Å². The van der Waals surface area contributed by atoms with Crippen molar-refractivity contribution in [2.45, 2.75) is 57.4 Å². The van der Waals surface area contributed by atoms with Gasteiger partial charge >= 0.3 is 0 Å². The molecule has 4 bridgehead atoms. The summed E-state index contributed by atoms with van der Waals surface area (Å²) in [5.41, 5.74) is 12.3. The predicted octanol–water partition coefficient (Wildman–Crippen LogP) is 2.27. The fourth-order valence-corrected chi connectivity index (χ4v) is 5.21. The van der Waals surface area contributed by atoms with Crippen molar-refractivity contribution in [3.8, 4) is 0 Å². The highest BCUT2D eigenvalue weighted by Gasteiger charge is 2.50. The largest absolute Gasteiger partial charge is 0.329 e. The first-order chi connectivity index (χ1) is 7.69. The zero-order chi connectivity index (χ0) is 11.2. The van der Waals surface area contributed by atoms with Gasteiger partial charge in [0.25, 0.3) is 0 Å². The van der Waals surface area contributed by atoms with E-state index in [-0.39, 0.29) is 6.04 Å². The molecule has 1 unspecified atom stereocenters. The minimum Gasteiger partial charge on any atom is -0.329 e. The first-order valence-corrected chi connectivity index (χ1v) is 7.15. The molecule has 0 saturated heterocycles. The molecule has 4 aliphatic rings. The molecule has 16 heavy (non-hydrogen) atoms. The maximum atomic E-state index is 5.98. The highest BCUT2D eigenvalue weighted by atomic mass is 14.7. The van der Waals surface area contributed by atoms with Gasteiger partial charge in [0.2, 0.25) is 0 Å². The lowest BCUT2D eigenvalue weighted by Crippen LogP contribution is -2.46. The molecule has 0 aromatic rings. The van der Waals surface area contributed by atoms with Crippen molar-refractivity contribution in [2.75, 3.05) is 6.54 Å². The Labute approximate surface area is 99.1 Å². The van der Waals surface area contributed by atoms with E-state index in [1.54, 1.807) is 19.3 Å². The highest BCUT2D eigenvalue weighted by Crippen LogP contribution is 2.61. The van der Waals surface area contributed by atoms with Crippen LogP contribution in [0.2, 0.25) is 0 Å². The Morgan fingerprint density at radius 1 is 1.00 bits per heavy atom. The Hall–Kier alpha value is -0.0800. The van der Waals surface area contributed by atoms with Crippen molar-refractivity contribution in [1.29, 1.82) is 0 Å². The van der Waals surface area contributed by atoms with E-state index in [1.807, 2.05) is 0 Å². The second-order valence-corrected chi connectivity index (χ2v) is 6.95. The quantitative estimate of drug-likeness (QED) is 0.766. The summed E-state index contributed by atoms with van der Waals surface area (Å²) < 4.78 is 0. The summed E-state index contributed by atoms with van der Waals surface area (Å²) in [6.07, 6.45) is 11.7. The van der Waals surface area contributed by atoms with Crippen LogP contribution >= 0.6 is 0 Å². The molecule has 0 aliphatic heterocycles. The SMILES string of the molecule is NCC(N)CCC12CC3CC(CC(C3)C1)C2. The fourth-order valence-electron chi connectivity index (χ4n) is 5.21. The van der Waals surface area contributed by atoms with Gasteiger partial charge in [-0.3, -0.25) is 0 Å². The van der Waals surface area contributed by atoms with Crippen molar-refractivity contribution >= 4 is 0 Å². The van der Waals surface area contributed by atoms with Gasteiger partial charge in [0.15, 0.2) is 0 Å². The van der Waals surface area contributed by atoms with Gasteiger partial charge in [-0.1, -0.05) is 0 Å². The number of hydrogen-bond donors (Lipinski definition) is 2. The second kappa shape index (κ2) is 3.99. The summed E-state index contributed by atoms with van der Waals surface area (Å²) in [4.78, 5) is 0. The van der Waals surface area contributed by atoms with Crippen molar-refractivity contribution in [2.24, 2.45) is 34.6 Å². The van der Waals surface area contributed by atoms with E-state index in [4.69, 9.17) is 11.5 Å². The van der Waals surface area contributed by atoms with Gasteiger partial charge in [-0.25, -0.2) is 0 Å². The van der Waals surface area contributed by atoms with Gasteiger partial charge in [0, 0.05) is 12.6 Å². The molecular weight excluding hydrogens is 196 g/mol. The predicted molar refractivity (Wildman–Crippen MR) is 66.9 cm³/mol.